The van der Waals surface area contributed by atoms with Gasteiger partial charge in [0.2, 0.25) is 11.7 Å². The van der Waals surface area contributed by atoms with Crippen LogP contribution in [0.5, 0.6) is 0 Å². The van der Waals surface area contributed by atoms with Gasteiger partial charge in [-0.25, -0.2) is 4.39 Å². The van der Waals surface area contributed by atoms with E-state index in [1.807, 2.05) is 14.0 Å². The summed E-state index contributed by atoms with van der Waals surface area (Å²) in [4.78, 5) is 19.2. The van der Waals surface area contributed by atoms with Gasteiger partial charge in [-0.05, 0) is 56.2 Å². The highest BCUT2D eigenvalue weighted by Crippen LogP contribution is 2.44. The molecule has 0 radical (unpaired) electrons. The molecule has 3 aromatic heterocycles. The molecule has 1 amide bonds. The van der Waals surface area contributed by atoms with Crippen LogP contribution in [0.25, 0.3) is 20.8 Å². The van der Waals surface area contributed by atoms with Crippen LogP contribution in [-0.2, 0) is 13.0 Å². The zero-order valence-corrected chi connectivity index (χ0v) is 25.5. The highest BCUT2D eigenvalue weighted by Gasteiger charge is 2.40. The number of halogens is 4. The minimum atomic E-state index is -4.49. The predicted molar refractivity (Wildman–Crippen MR) is 159 cm³/mol. The number of aromatic nitrogens is 4. The van der Waals surface area contributed by atoms with Gasteiger partial charge in [-0.2, -0.15) is 23.3 Å². The van der Waals surface area contributed by atoms with E-state index in [1.165, 1.54) is 6.20 Å². The molecule has 4 unspecified atom stereocenters. The number of carbonyl (C=O) groups is 1. The maximum Gasteiger partial charge on any atom is 0.393 e. The van der Waals surface area contributed by atoms with Crippen molar-refractivity contribution in [1.29, 1.82) is 0 Å². The van der Waals surface area contributed by atoms with Gasteiger partial charge in [-0.15, -0.1) is 11.3 Å². The Bertz CT molecular complexity index is 1630. The molecule has 2 N–H and O–H groups in total. The number of carbonyl (C=O) groups excluding carboxylic acids is 1. The number of thiophene rings is 1. The molecule has 2 fully saturated rings. The summed E-state index contributed by atoms with van der Waals surface area (Å²) in [6, 6.07) is 4.88. The van der Waals surface area contributed by atoms with Crippen molar-refractivity contribution in [3.63, 3.8) is 0 Å². The van der Waals surface area contributed by atoms with E-state index in [4.69, 9.17) is 4.52 Å². The second-order valence-corrected chi connectivity index (χ2v) is 12.7. The molecule has 44 heavy (non-hydrogen) atoms. The largest absolute Gasteiger partial charge is 0.393 e. The Labute approximate surface area is 256 Å². The lowest BCUT2D eigenvalue weighted by molar-refractivity contribution is -0.126. The first-order valence-corrected chi connectivity index (χ1v) is 15.8. The Morgan fingerprint density at radius 2 is 2.00 bits per heavy atom. The smallest absolute Gasteiger partial charge is 0.378 e. The number of piperidine rings is 1. The van der Waals surface area contributed by atoms with Crippen molar-refractivity contribution in [3.05, 3.63) is 47.6 Å². The SMILES string of the molecule is CCC1CC(Nc2cccc3c(CC(F)(F)F)c(-c4noc(CNC(=O)c5cnn(C6CC6)c5)n4)sc23)C(F)C(CC)N1C. The number of rotatable bonds is 10. The lowest BCUT2D eigenvalue weighted by Gasteiger charge is -2.45. The van der Waals surface area contributed by atoms with Crippen LogP contribution in [-0.4, -0.2) is 68.2 Å². The minimum Gasteiger partial charge on any atom is -0.378 e. The molecule has 4 aromatic rings. The van der Waals surface area contributed by atoms with Gasteiger partial charge in [0.15, 0.2) is 0 Å². The Kier molecular flexibility index (Phi) is 8.40. The standard InChI is InChI=1S/C30H35F4N7O2S/c1-4-17-11-22(25(31)23(5-2)40(17)3)37-21-8-6-7-19-20(12-30(32,33)34)27(44-26(19)21)28-38-24(43-39-28)14-35-29(42)16-13-36-41(15-16)18-9-10-18/h6-8,13,15,17-18,22-23,25,37H,4-5,9-12,14H2,1-3H3,(H,35,42). The van der Waals surface area contributed by atoms with E-state index in [1.54, 1.807) is 29.1 Å². The predicted octanol–water partition coefficient (Wildman–Crippen LogP) is 6.53. The van der Waals surface area contributed by atoms with Gasteiger partial charge in [-0.3, -0.25) is 14.4 Å². The number of benzene rings is 1. The van der Waals surface area contributed by atoms with Crippen LogP contribution >= 0.6 is 11.3 Å². The molecule has 2 aliphatic rings. The molecule has 0 spiro atoms. The number of anilines is 1. The Morgan fingerprint density at radius 3 is 2.70 bits per heavy atom. The number of alkyl halides is 4. The van der Waals surface area contributed by atoms with E-state index in [2.05, 4.69) is 37.7 Å². The molecular weight excluding hydrogens is 598 g/mol. The van der Waals surface area contributed by atoms with Gasteiger partial charge in [0.25, 0.3) is 5.91 Å². The second kappa shape index (κ2) is 12.1. The van der Waals surface area contributed by atoms with Gasteiger partial charge < -0.3 is 15.2 Å². The topological polar surface area (TPSA) is 101 Å². The van der Waals surface area contributed by atoms with E-state index < -0.39 is 24.8 Å². The van der Waals surface area contributed by atoms with Crippen molar-refractivity contribution in [2.45, 2.75) is 95.4 Å². The molecule has 1 saturated heterocycles. The summed E-state index contributed by atoms with van der Waals surface area (Å²) in [5.41, 5.74) is 0.999. The zero-order chi connectivity index (χ0) is 31.2. The second-order valence-electron chi connectivity index (χ2n) is 11.7. The molecule has 14 heteroatoms. The molecule has 6 rings (SSSR count). The van der Waals surface area contributed by atoms with Gasteiger partial charge in [0.1, 0.15) is 6.17 Å². The molecule has 4 atom stereocenters. The van der Waals surface area contributed by atoms with E-state index in [9.17, 15) is 18.0 Å². The molecule has 1 aliphatic carbocycles. The summed E-state index contributed by atoms with van der Waals surface area (Å²) in [5, 5.41) is 14.6. The first-order valence-electron chi connectivity index (χ1n) is 14.9. The Morgan fingerprint density at radius 1 is 1.20 bits per heavy atom. The summed E-state index contributed by atoms with van der Waals surface area (Å²) in [6.07, 6.45) is 0.516. The van der Waals surface area contributed by atoms with Gasteiger partial charge >= 0.3 is 6.18 Å². The van der Waals surface area contributed by atoms with Crippen molar-refractivity contribution in [3.8, 4) is 10.7 Å². The van der Waals surface area contributed by atoms with Crippen molar-refractivity contribution >= 4 is 33.0 Å². The van der Waals surface area contributed by atoms with E-state index in [0.717, 1.165) is 30.6 Å². The average molecular weight is 634 g/mol. The van der Waals surface area contributed by atoms with Gasteiger partial charge in [0.05, 0.1) is 52.1 Å². The summed E-state index contributed by atoms with van der Waals surface area (Å²) in [7, 11) is 1.95. The van der Waals surface area contributed by atoms with Gasteiger partial charge in [0, 0.05) is 18.3 Å². The first-order chi connectivity index (χ1) is 21.1. The molecule has 1 saturated carbocycles. The fraction of sp³-hybridized carbons (Fsp3) is 0.533. The summed E-state index contributed by atoms with van der Waals surface area (Å²) < 4.78 is 64.8. The van der Waals surface area contributed by atoms with Crippen LogP contribution in [0.1, 0.15) is 73.8 Å². The van der Waals surface area contributed by atoms with Crippen LogP contribution in [0.2, 0.25) is 0 Å². The monoisotopic (exact) mass is 633 g/mol. The fourth-order valence-corrected chi connectivity index (χ4v) is 7.39. The van der Waals surface area contributed by atoms with Crippen LogP contribution in [0.4, 0.5) is 23.2 Å². The minimum absolute atomic E-state index is 0.00181. The normalized spacial score (nSPS) is 22.9. The Hall–Kier alpha value is -3.52. The molecular formula is C30H35F4N7O2S. The number of amides is 1. The summed E-state index contributed by atoms with van der Waals surface area (Å²) >= 11 is 1.11. The number of fused-ring (bicyclic) bond motifs is 1. The molecule has 9 nitrogen and oxygen atoms in total. The summed E-state index contributed by atoms with van der Waals surface area (Å²) in [5.74, 6) is -0.316. The van der Waals surface area contributed by atoms with E-state index >= 15 is 4.39 Å². The van der Waals surface area contributed by atoms with E-state index in [-0.39, 0.29) is 46.7 Å². The number of hydrogen-bond donors (Lipinski definition) is 2. The number of nitrogens with zero attached hydrogens (tertiary/aromatic N) is 5. The molecule has 0 bridgehead atoms. The van der Waals surface area contributed by atoms with Crippen LogP contribution < -0.4 is 10.6 Å². The lowest BCUT2D eigenvalue weighted by atomic mass is 9.87. The maximum absolute atomic E-state index is 15.7. The molecule has 1 aromatic carbocycles. The molecule has 1 aliphatic heterocycles. The zero-order valence-electron chi connectivity index (χ0n) is 24.7. The number of likely N-dealkylation sites (tertiary alicyclic amines) is 1. The lowest BCUT2D eigenvalue weighted by Crippen LogP contribution is -2.57. The van der Waals surface area contributed by atoms with Crippen LogP contribution in [0.15, 0.2) is 35.1 Å². The Balaban J connectivity index is 1.26. The number of nitrogens with one attached hydrogen (secondary N) is 2. The number of hydrogen-bond acceptors (Lipinski definition) is 8. The molecule has 4 heterocycles. The first kappa shape index (κ1) is 30.5. The highest BCUT2D eigenvalue weighted by molar-refractivity contribution is 7.23. The summed E-state index contributed by atoms with van der Waals surface area (Å²) in [6.45, 7) is 3.94. The van der Waals surface area contributed by atoms with Crippen LogP contribution in [0, 0.1) is 0 Å². The third kappa shape index (κ3) is 6.19. The fourth-order valence-electron chi connectivity index (χ4n) is 6.17. The molecule has 236 valence electrons. The maximum atomic E-state index is 15.7. The van der Waals surface area contributed by atoms with Crippen molar-refractivity contribution in [2.24, 2.45) is 0 Å². The van der Waals surface area contributed by atoms with Crippen molar-refractivity contribution in [2.75, 3.05) is 12.4 Å². The third-order valence-corrected chi connectivity index (χ3v) is 9.94. The quantitative estimate of drug-likeness (QED) is 0.192. The van der Waals surface area contributed by atoms with E-state index in [0.29, 0.717) is 40.2 Å². The average Bonchev–Trinajstić information content (AvgIpc) is 3.36. The highest BCUT2D eigenvalue weighted by atomic mass is 32.1. The third-order valence-electron chi connectivity index (χ3n) is 8.66. The van der Waals surface area contributed by atoms with Crippen molar-refractivity contribution < 1.29 is 26.9 Å². The van der Waals surface area contributed by atoms with Crippen molar-refractivity contribution in [1.82, 2.24) is 30.1 Å². The van der Waals surface area contributed by atoms with Crippen LogP contribution in [0.3, 0.4) is 0 Å². The van der Waals surface area contributed by atoms with Gasteiger partial charge in [-0.1, -0.05) is 31.1 Å².